The molecule has 0 saturated heterocycles. The molecule has 1 amide bonds. The van der Waals surface area contributed by atoms with Gasteiger partial charge in [-0.1, -0.05) is 0 Å². The summed E-state index contributed by atoms with van der Waals surface area (Å²) in [6.45, 7) is 6.02. The minimum atomic E-state index is -0.538. The van der Waals surface area contributed by atoms with Gasteiger partial charge in [0, 0.05) is 24.5 Å². The lowest BCUT2D eigenvalue weighted by atomic mass is 10.2. The SMILES string of the molecule is CC(C)(C)OC(=O)Nc1ccc(NCc2cncnc2)cn1. The first-order chi connectivity index (χ1) is 10.4. The molecule has 0 spiro atoms. The molecule has 0 saturated carbocycles. The minimum absolute atomic E-state index is 0.433. The predicted octanol–water partition coefficient (Wildman–Crippen LogP) is 2.83. The van der Waals surface area contributed by atoms with E-state index in [-0.39, 0.29) is 0 Å². The quantitative estimate of drug-likeness (QED) is 0.902. The topological polar surface area (TPSA) is 89.0 Å². The number of pyridine rings is 1. The second kappa shape index (κ2) is 6.84. The van der Waals surface area contributed by atoms with Crippen molar-refractivity contribution in [1.29, 1.82) is 0 Å². The van der Waals surface area contributed by atoms with E-state index in [2.05, 4.69) is 25.6 Å². The van der Waals surface area contributed by atoms with E-state index in [0.29, 0.717) is 12.4 Å². The van der Waals surface area contributed by atoms with E-state index in [4.69, 9.17) is 4.74 Å². The number of carbonyl (C=O) groups is 1. The zero-order valence-corrected chi connectivity index (χ0v) is 12.8. The summed E-state index contributed by atoms with van der Waals surface area (Å²) in [5, 5.41) is 5.77. The Balaban J connectivity index is 1.86. The summed E-state index contributed by atoms with van der Waals surface area (Å²) in [4.78, 5) is 23.7. The molecule has 7 heteroatoms. The van der Waals surface area contributed by atoms with Crippen molar-refractivity contribution in [2.24, 2.45) is 0 Å². The van der Waals surface area contributed by atoms with Crippen molar-refractivity contribution >= 4 is 17.6 Å². The first-order valence-electron chi connectivity index (χ1n) is 6.86. The zero-order valence-electron chi connectivity index (χ0n) is 12.8. The molecule has 0 atom stereocenters. The smallest absolute Gasteiger partial charge is 0.413 e. The van der Waals surface area contributed by atoms with Crippen molar-refractivity contribution < 1.29 is 9.53 Å². The Bertz CT molecular complexity index is 608. The highest BCUT2D eigenvalue weighted by Gasteiger charge is 2.16. The monoisotopic (exact) mass is 301 g/mol. The Hall–Kier alpha value is -2.70. The van der Waals surface area contributed by atoms with Gasteiger partial charge in [0.1, 0.15) is 17.7 Å². The maximum absolute atomic E-state index is 11.6. The molecule has 7 nitrogen and oxygen atoms in total. The molecule has 116 valence electrons. The van der Waals surface area contributed by atoms with Gasteiger partial charge in [0.2, 0.25) is 0 Å². The number of nitrogens with zero attached hydrogens (tertiary/aromatic N) is 3. The van der Waals surface area contributed by atoms with Crippen LogP contribution in [-0.2, 0) is 11.3 Å². The van der Waals surface area contributed by atoms with Crippen LogP contribution in [0.1, 0.15) is 26.3 Å². The van der Waals surface area contributed by atoms with Gasteiger partial charge in [0.05, 0.1) is 11.9 Å². The maximum Gasteiger partial charge on any atom is 0.413 e. The molecular formula is C15H19N5O2. The molecular weight excluding hydrogens is 282 g/mol. The van der Waals surface area contributed by atoms with E-state index < -0.39 is 11.7 Å². The number of amides is 1. The number of aromatic nitrogens is 3. The summed E-state index contributed by atoms with van der Waals surface area (Å²) in [5.74, 6) is 0.433. The standard InChI is InChI=1S/C15H19N5O2/c1-15(2,3)22-14(21)20-13-5-4-12(9-19-13)18-8-11-6-16-10-17-7-11/h4-7,9-10,18H,8H2,1-3H3,(H,19,20,21). The van der Waals surface area contributed by atoms with Crippen LogP contribution in [0.2, 0.25) is 0 Å². The third-order valence-corrected chi connectivity index (χ3v) is 2.50. The molecule has 0 aliphatic rings. The molecule has 0 bridgehead atoms. The third kappa shape index (κ3) is 5.35. The molecule has 2 aromatic rings. The summed E-state index contributed by atoms with van der Waals surface area (Å²) in [6, 6.07) is 3.53. The van der Waals surface area contributed by atoms with Gasteiger partial charge in [-0.3, -0.25) is 5.32 Å². The number of ether oxygens (including phenoxy) is 1. The highest BCUT2D eigenvalue weighted by atomic mass is 16.6. The Morgan fingerprint density at radius 1 is 1.18 bits per heavy atom. The fourth-order valence-corrected chi connectivity index (χ4v) is 1.61. The van der Waals surface area contributed by atoms with Crippen LogP contribution in [0, 0.1) is 0 Å². The predicted molar refractivity (Wildman–Crippen MR) is 83.5 cm³/mol. The van der Waals surface area contributed by atoms with Crippen molar-refractivity contribution in [2.75, 3.05) is 10.6 Å². The Kier molecular flexibility index (Phi) is 4.88. The van der Waals surface area contributed by atoms with Crippen LogP contribution in [0.4, 0.5) is 16.3 Å². The van der Waals surface area contributed by atoms with Crippen molar-refractivity contribution in [3.8, 4) is 0 Å². The number of anilines is 2. The summed E-state index contributed by atoms with van der Waals surface area (Å²) < 4.78 is 5.16. The second-order valence-corrected chi connectivity index (χ2v) is 5.66. The molecule has 0 aliphatic carbocycles. The first kappa shape index (κ1) is 15.7. The van der Waals surface area contributed by atoms with Gasteiger partial charge in [-0.15, -0.1) is 0 Å². The molecule has 0 aromatic carbocycles. The van der Waals surface area contributed by atoms with E-state index in [1.165, 1.54) is 6.33 Å². The summed E-state index contributed by atoms with van der Waals surface area (Å²) in [7, 11) is 0. The van der Waals surface area contributed by atoms with Crippen LogP contribution < -0.4 is 10.6 Å². The van der Waals surface area contributed by atoms with Gasteiger partial charge in [0.25, 0.3) is 0 Å². The molecule has 0 radical (unpaired) electrons. The largest absolute Gasteiger partial charge is 0.444 e. The van der Waals surface area contributed by atoms with E-state index in [1.807, 2.05) is 6.07 Å². The lowest BCUT2D eigenvalue weighted by molar-refractivity contribution is 0.0635. The summed E-state index contributed by atoms with van der Waals surface area (Å²) in [6.07, 6.45) is 6.08. The maximum atomic E-state index is 11.6. The van der Waals surface area contributed by atoms with Gasteiger partial charge in [-0.2, -0.15) is 0 Å². The molecule has 0 unspecified atom stereocenters. The van der Waals surface area contributed by atoms with Crippen molar-refractivity contribution in [1.82, 2.24) is 15.0 Å². The third-order valence-electron chi connectivity index (χ3n) is 2.50. The molecule has 22 heavy (non-hydrogen) atoms. The number of rotatable bonds is 4. The molecule has 2 aromatic heterocycles. The molecule has 2 rings (SSSR count). The fourth-order valence-electron chi connectivity index (χ4n) is 1.61. The van der Waals surface area contributed by atoms with Crippen LogP contribution in [-0.4, -0.2) is 26.6 Å². The summed E-state index contributed by atoms with van der Waals surface area (Å²) >= 11 is 0. The van der Waals surface area contributed by atoms with Crippen molar-refractivity contribution in [3.63, 3.8) is 0 Å². The average Bonchev–Trinajstić information content (AvgIpc) is 2.45. The zero-order chi connectivity index (χ0) is 16.0. The molecule has 0 aliphatic heterocycles. The molecule has 2 N–H and O–H groups in total. The Morgan fingerprint density at radius 2 is 1.91 bits per heavy atom. The van der Waals surface area contributed by atoms with E-state index in [1.54, 1.807) is 45.4 Å². The van der Waals surface area contributed by atoms with Gasteiger partial charge in [-0.05, 0) is 32.9 Å². The van der Waals surface area contributed by atoms with Crippen LogP contribution in [0.25, 0.3) is 0 Å². The Morgan fingerprint density at radius 3 is 2.50 bits per heavy atom. The van der Waals surface area contributed by atoms with Gasteiger partial charge < -0.3 is 10.1 Å². The lowest BCUT2D eigenvalue weighted by Crippen LogP contribution is -2.27. The van der Waals surface area contributed by atoms with Gasteiger partial charge in [0.15, 0.2) is 0 Å². The number of hydrogen-bond donors (Lipinski definition) is 2. The summed E-state index contributed by atoms with van der Waals surface area (Å²) in [5.41, 5.74) is 1.26. The first-order valence-corrected chi connectivity index (χ1v) is 6.86. The van der Waals surface area contributed by atoms with Crippen molar-refractivity contribution in [2.45, 2.75) is 32.9 Å². The van der Waals surface area contributed by atoms with E-state index in [0.717, 1.165) is 11.3 Å². The van der Waals surface area contributed by atoms with Gasteiger partial charge in [-0.25, -0.2) is 19.7 Å². The number of carbonyl (C=O) groups excluding carboxylic acids is 1. The van der Waals surface area contributed by atoms with Crippen LogP contribution in [0.15, 0.2) is 37.1 Å². The Labute approximate surface area is 129 Å². The average molecular weight is 301 g/mol. The van der Waals surface area contributed by atoms with Crippen LogP contribution >= 0.6 is 0 Å². The highest BCUT2D eigenvalue weighted by Crippen LogP contribution is 2.13. The lowest BCUT2D eigenvalue weighted by Gasteiger charge is -2.19. The minimum Gasteiger partial charge on any atom is -0.444 e. The number of nitrogens with one attached hydrogen (secondary N) is 2. The number of hydrogen-bond acceptors (Lipinski definition) is 6. The van der Waals surface area contributed by atoms with Crippen molar-refractivity contribution in [3.05, 3.63) is 42.6 Å². The van der Waals surface area contributed by atoms with Crippen LogP contribution in [0.5, 0.6) is 0 Å². The fraction of sp³-hybridized carbons (Fsp3) is 0.333. The highest BCUT2D eigenvalue weighted by molar-refractivity contribution is 5.83. The van der Waals surface area contributed by atoms with E-state index >= 15 is 0 Å². The van der Waals surface area contributed by atoms with Gasteiger partial charge >= 0.3 is 6.09 Å². The normalized spacial score (nSPS) is 10.9. The van der Waals surface area contributed by atoms with E-state index in [9.17, 15) is 4.79 Å². The molecule has 2 heterocycles. The molecule has 0 fully saturated rings. The second-order valence-electron chi connectivity index (χ2n) is 5.66. The van der Waals surface area contributed by atoms with Crippen LogP contribution in [0.3, 0.4) is 0 Å².